The number of nitrogens with one attached hydrogen (secondary N) is 2. The molecule has 0 unspecified atom stereocenters. The standard InChI is InChI=1S/C20H29N3O6/c1-14(19(24)22-15-7-5-3-4-6-8-15)29-20(25)17-13-16(23(26)27)9-10-18(17)21-11-12-28-2/h9-10,13-15,21H,3-8,11-12H2,1-2H3,(H,22,24)/t14-/m1/s1. The Bertz CT molecular complexity index is 716. The monoisotopic (exact) mass is 407 g/mol. The van der Waals surface area contributed by atoms with Gasteiger partial charge in [-0.1, -0.05) is 25.7 Å². The zero-order chi connectivity index (χ0) is 21.2. The van der Waals surface area contributed by atoms with E-state index in [-0.39, 0.29) is 23.2 Å². The Labute approximate surface area is 170 Å². The van der Waals surface area contributed by atoms with Gasteiger partial charge in [-0.05, 0) is 25.8 Å². The molecule has 0 heterocycles. The van der Waals surface area contributed by atoms with Gasteiger partial charge in [0.25, 0.3) is 11.6 Å². The number of carbonyl (C=O) groups excluding carboxylic acids is 2. The van der Waals surface area contributed by atoms with E-state index in [1.165, 1.54) is 31.9 Å². The van der Waals surface area contributed by atoms with Gasteiger partial charge < -0.3 is 20.1 Å². The Morgan fingerprint density at radius 1 is 1.24 bits per heavy atom. The minimum atomic E-state index is -1.00. The van der Waals surface area contributed by atoms with Gasteiger partial charge in [0, 0.05) is 37.5 Å². The Hall–Kier alpha value is -2.68. The fraction of sp³-hybridized carbons (Fsp3) is 0.600. The number of amides is 1. The Morgan fingerprint density at radius 3 is 2.55 bits per heavy atom. The molecule has 9 heteroatoms. The van der Waals surface area contributed by atoms with Crippen molar-refractivity contribution in [3.05, 3.63) is 33.9 Å². The van der Waals surface area contributed by atoms with Crippen molar-refractivity contribution in [2.45, 2.75) is 57.6 Å². The summed E-state index contributed by atoms with van der Waals surface area (Å²) < 4.78 is 10.3. The summed E-state index contributed by atoms with van der Waals surface area (Å²) in [7, 11) is 1.54. The van der Waals surface area contributed by atoms with E-state index >= 15 is 0 Å². The van der Waals surface area contributed by atoms with Crippen LogP contribution < -0.4 is 10.6 Å². The molecule has 1 aromatic carbocycles. The van der Waals surface area contributed by atoms with Crippen LogP contribution in [0.5, 0.6) is 0 Å². The summed E-state index contributed by atoms with van der Waals surface area (Å²) >= 11 is 0. The van der Waals surface area contributed by atoms with Gasteiger partial charge in [0.1, 0.15) is 0 Å². The molecule has 0 radical (unpaired) electrons. The van der Waals surface area contributed by atoms with Gasteiger partial charge in [0.2, 0.25) is 0 Å². The molecule has 160 valence electrons. The molecule has 0 spiro atoms. The Kier molecular flexibility index (Phi) is 8.85. The van der Waals surface area contributed by atoms with Crippen molar-refractivity contribution in [1.82, 2.24) is 5.32 Å². The molecular formula is C20H29N3O6. The smallest absolute Gasteiger partial charge is 0.341 e. The number of nitrogens with zero attached hydrogens (tertiary/aromatic N) is 1. The number of rotatable bonds is 9. The molecule has 0 aliphatic heterocycles. The maximum atomic E-state index is 12.6. The van der Waals surface area contributed by atoms with E-state index in [1.807, 2.05) is 0 Å². The maximum absolute atomic E-state index is 12.6. The predicted octanol–water partition coefficient (Wildman–Crippen LogP) is 3.04. The first-order valence-electron chi connectivity index (χ1n) is 9.95. The lowest BCUT2D eigenvalue weighted by atomic mass is 10.1. The van der Waals surface area contributed by atoms with Crippen LogP contribution in [0.1, 0.15) is 55.8 Å². The number of methoxy groups -OCH3 is 1. The van der Waals surface area contributed by atoms with Crippen LogP contribution in [-0.2, 0) is 14.3 Å². The van der Waals surface area contributed by atoms with Crippen LogP contribution in [0, 0.1) is 10.1 Å². The summed E-state index contributed by atoms with van der Waals surface area (Å²) in [5, 5.41) is 17.0. The molecule has 0 aromatic heterocycles. The molecule has 29 heavy (non-hydrogen) atoms. The third kappa shape index (κ3) is 7.01. The number of hydrogen-bond donors (Lipinski definition) is 2. The average Bonchev–Trinajstić information content (AvgIpc) is 2.96. The van der Waals surface area contributed by atoms with Gasteiger partial charge in [-0.15, -0.1) is 0 Å². The average molecular weight is 407 g/mol. The van der Waals surface area contributed by atoms with Crippen LogP contribution in [0.4, 0.5) is 11.4 Å². The summed E-state index contributed by atoms with van der Waals surface area (Å²) in [6, 6.07) is 3.98. The minimum Gasteiger partial charge on any atom is -0.449 e. The summed E-state index contributed by atoms with van der Waals surface area (Å²) in [5.41, 5.74) is 0.156. The van der Waals surface area contributed by atoms with Crippen molar-refractivity contribution in [1.29, 1.82) is 0 Å². The number of nitro benzene ring substituents is 1. The second-order valence-corrected chi connectivity index (χ2v) is 7.15. The molecule has 1 aliphatic rings. The fourth-order valence-electron chi connectivity index (χ4n) is 3.28. The van der Waals surface area contributed by atoms with Gasteiger partial charge in [-0.3, -0.25) is 14.9 Å². The lowest BCUT2D eigenvalue weighted by Gasteiger charge is -2.20. The molecule has 1 aliphatic carbocycles. The molecular weight excluding hydrogens is 378 g/mol. The van der Waals surface area contributed by atoms with Gasteiger partial charge in [0.05, 0.1) is 17.1 Å². The number of non-ortho nitro benzene ring substituents is 1. The highest BCUT2D eigenvalue weighted by molar-refractivity contribution is 5.98. The number of esters is 1. The summed E-state index contributed by atoms with van der Waals surface area (Å²) in [5.74, 6) is -1.15. The first kappa shape index (κ1) is 22.6. The molecule has 1 atom stereocenters. The quantitative estimate of drug-likeness (QED) is 0.212. The largest absolute Gasteiger partial charge is 0.449 e. The molecule has 2 rings (SSSR count). The molecule has 9 nitrogen and oxygen atoms in total. The number of benzene rings is 1. The van der Waals surface area contributed by atoms with E-state index < -0.39 is 17.0 Å². The van der Waals surface area contributed by atoms with Crippen molar-refractivity contribution in [3.8, 4) is 0 Å². The first-order chi connectivity index (χ1) is 13.9. The van der Waals surface area contributed by atoms with Gasteiger partial charge >= 0.3 is 5.97 Å². The number of hydrogen-bond acceptors (Lipinski definition) is 7. The van der Waals surface area contributed by atoms with Crippen LogP contribution in [0.3, 0.4) is 0 Å². The Balaban J connectivity index is 2.05. The summed E-state index contributed by atoms with van der Waals surface area (Å²) in [4.78, 5) is 35.6. The van der Waals surface area contributed by atoms with Gasteiger partial charge in [-0.25, -0.2) is 4.79 Å². The van der Waals surface area contributed by atoms with Gasteiger partial charge in [0.15, 0.2) is 6.10 Å². The molecule has 0 bridgehead atoms. The molecule has 2 N–H and O–H groups in total. The van der Waals surface area contributed by atoms with E-state index in [0.29, 0.717) is 18.8 Å². The summed E-state index contributed by atoms with van der Waals surface area (Å²) in [6.07, 6.45) is 5.32. The zero-order valence-corrected chi connectivity index (χ0v) is 16.9. The molecule has 1 saturated carbocycles. The highest BCUT2D eigenvalue weighted by Gasteiger charge is 2.25. The minimum absolute atomic E-state index is 0.00409. The number of nitro groups is 1. The van der Waals surface area contributed by atoms with Crippen LogP contribution in [0.2, 0.25) is 0 Å². The highest BCUT2D eigenvalue weighted by atomic mass is 16.6. The SMILES string of the molecule is COCCNc1ccc([N+](=O)[O-])cc1C(=O)O[C@H](C)C(=O)NC1CCCCCC1. The van der Waals surface area contributed by atoms with Crippen LogP contribution in [0.25, 0.3) is 0 Å². The number of anilines is 1. The lowest BCUT2D eigenvalue weighted by molar-refractivity contribution is -0.384. The fourth-order valence-corrected chi connectivity index (χ4v) is 3.28. The van der Waals surface area contributed by atoms with E-state index in [1.54, 1.807) is 7.11 Å². The third-order valence-corrected chi connectivity index (χ3v) is 4.91. The van der Waals surface area contributed by atoms with Crippen molar-refractivity contribution in [2.75, 3.05) is 25.6 Å². The number of carbonyl (C=O) groups is 2. The highest BCUT2D eigenvalue weighted by Crippen LogP contribution is 2.24. The molecule has 0 saturated heterocycles. The van der Waals surface area contributed by atoms with Crippen molar-refractivity contribution >= 4 is 23.3 Å². The molecule has 1 aromatic rings. The Morgan fingerprint density at radius 2 is 1.93 bits per heavy atom. The first-order valence-corrected chi connectivity index (χ1v) is 9.95. The summed E-state index contributed by atoms with van der Waals surface area (Å²) in [6.45, 7) is 2.30. The number of ether oxygens (including phenoxy) is 2. The second-order valence-electron chi connectivity index (χ2n) is 7.15. The lowest BCUT2D eigenvalue weighted by Crippen LogP contribution is -2.41. The van der Waals surface area contributed by atoms with Crippen LogP contribution in [-0.4, -0.2) is 49.2 Å². The van der Waals surface area contributed by atoms with Crippen LogP contribution >= 0.6 is 0 Å². The van der Waals surface area contributed by atoms with E-state index in [9.17, 15) is 19.7 Å². The van der Waals surface area contributed by atoms with Crippen molar-refractivity contribution in [2.24, 2.45) is 0 Å². The van der Waals surface area contributed by atoms with Crippen molar-refractivity contribution in [3.63, 3.8) is 0 Å². The maximum Gasteiger partial charge on any atom is 0.341 e. The third-order valence-electron chi connectivity index (χ3n) is 4.91. The van der Waals surface area contributed by atoms with E-state index in [2.05, 4.69) is 10.6 Å². The molecule has 1 amide bonds. The van der Waals surface area contributed by atoms with E-state index in [0.717, 1.165) is 31.7 Å². The molecule has 1 fully saturated rings. The zero-order valence-electron chi connectivity index (χ0n) is 16.9. The van der Waals surface area contributed by atoms with Crippen molar-refractivity contribution < 1.29 is 24.0 Å². The normalized spacial score (nSPS) is 15.8. The van der Waals surface area contributed by atoms with Crippen LogP contribution in [0.15, 0.2) is 18.2 Å². The second kappa shape index (κ2) is 11.4. The van der Waals surface area contributed by atoms with E-state index in [4.69, 9.17) is 9.47 Å². The topological polar surface area (TPSA) is 120 Å². The van der Waals surface area contributed by atoms with Gasteiger partial charge in [-0.2, -0.15) is 0 Å². The predicted molar refractivity (Wildman–Crippen MR) is 108 cm³/mol.